The van der Waals surface area contributed by atoms with Gasteiger partial charge in [0, 0.05) is 12.3 Å². The van der Waals surface area contributed by atoms with Crippen LogP contribution < -0.4 is 5.73 Å². The van der Waals surface area contributed by atoms with Crippen LogP contribution in [0.25, 0.3) is 11.1 Å². The molecule has 0 spiro atoms. The molecule has 1 aliphatic rings. The molecule has 0 saturated heterocycles. The highest BCUT2D eigenvalue weighted by molar-refractivity contribution is 6.06. The lowest BCUT2D eigenvalue weighted by atomic mass is 9.89. The van der Waals surface area contributed by atoms with Crippen LogP contribution in [-0.2, 0) is 0 Å². The van der Waals surface area contributed by atoms with E-state index in [9.17, 15) is 0 Å². The Balaban J connectivity index is 1.91. The molecule has 3 rings (SSSR count). The van der Waals surface area contributed by atoms with Crippen LogP contribution in [0.3, 0.4) is 0 Å². The number of hydrogen-bond acceptors (Lipinski definition) is 3. The standard InChI is InChI=1S/C18H19N3/c1-2-13-12-17(19)20-21-18(13)16-10-8-15(9-11-16)14-6-4-3-5-7-14/h3-11,13H,2,12H2,1H3,(H2,19,20). The van der Waals surface area contributed by atoms with E-state index in [0.29, 0.717) is 11.8 Å². The predicted octanol–water partition coefficient (Wildman–Crippen LogP) is 3.84. The molecule has 0 saturated carbocycles. The van der Waals surface area contributed by atoms with Crippen LogP contribution in [0, 0.1) is 5.92 Å². The number of benzene rings is 2. The van der Waals surface area contributed by atoms with Crippen LogP contribution >= 0.6 is 0 Å². The molecule has 3 nitrogen and oxygen atoms in total. The van der Waals surface area contributed by atoms with Crippen molar-refractivity contribution in [3.05, 3.63) is 60.2 Å². The minimum atomic E-state index is 0.366. The zero-order valence-corrected chi connectivity index (χ0v) is 12.2. The van der Waals surface area contributed by atoms with Crippen LogP contribution in [0.1, 0.15) is 25.3 Å². The van der Waals surface area contributed by atoms with E-state index >= 15 is 0 Å². The van der Waals surface area contributed by atoms with E-state index in [1.165, 1.54) is 11.1 Å². The molecule has 0 amide bonds. The second kappa shape index (κ2) is 5.92. The molecular weight excluding hydrogens is 258 g/mol. The second-order valence-electron chi connectivity index (χ2n) is 5.33. The van der Waals surface area contributed by atoms with E-state index < -0.39 is 0 Å². The van der Waals surface area contributed by atoms with Crippen LogP contribution in [0.5, 0.6) is 0 Å². The summed E-state index contributed by atoms with van der Waals surface area (Å²) in [6.45, 7) is 2.16. The molecule has 0 aromatic heterocycles. The Morgan fingerprint density at radius 1 is 0.905 bits per heavy atom. The fraction of sp³-hybridized carbons (Fsp3) is 0.222. The number of nitrogens with zero attached hydrogens (tertiary/aromatic N) is 2. The number of hydrogen-bond donors (Lipinski definition) is 1. The molecule has 2 aromatic carbocycles. The lowest BCUT2D eigenvalue weighted by Gasteiger charge is -2.20. The first kappa shape index (κ1) is 13.6. The van der Waals surface area contributed by atoms with E-state index in [1.54, 1.807) is 0 Å². The van der Waals surface area contributed by atoms with Crippen molar-refractivity contribution < 1.29 is 0 Å². The number of amidine groups is 1. The molecule has 0 radical (unpaired) electrons. The summed E-state index contributed by atoms with van der Waals surface area (Å²) in [6, 6.07) is 18.9. The first-order valence-corrected chi connectivity index (χ1v) is 7.33. The zero-order valence-electron chi connectivity index (χ0n) is 12.2. The molecule has 0 bridgehead atoms. The maximum atomic E-state index is 5.78. The zero-order chi connectivity index (χ0) is 14.7. The molecule has 1 heterocycles. The Kier molecular flexibility index (Phi) is 3.82. The van der Waals surface area contributed by atoms with Gasteiger partial charge in [-0.25, -0.2) is 0 Å². The van der Waals surface area contributed by atoms with Crippen molar-refractivity contribution in [2.24, 2.45) is 21.9 Å². The van der Waals surface area contributed by atoms with Gasteiger partial charge in [-0.05, 0) is 23.1 Å². The highest BCUT2D eigenvalue weighted by atomic mass is 15.2. The van der Waals surface area contributed by atoms with Gasteiger partial charge in [0.05, 0.1) is 5.71 Å². The monoisotopic (exact) mass is 277 g/mol. The van der Waals surface area contributed by atoms with Crippen molar-refractivity contribution in [3.8, 4) is 11.1 Å². The van der Waals surface area contributed by atoms with Gasteiger partial charge in [0.1, 0.15) is 5.84 Å². The van der Waals surface area contributed by atoms with E-state index in [4.69, 9.17) is 5.73 Å². The van der Waals surface area contributed by atoms with Crippen LogP contribution in [-0.4, -0.2) is 11.5 Å². The third-order valence-corrected chi connectivity index (χ3v) is 3.91. The predicted molar refractivity (Wildman–Crippen MR) is 88.4 cm³/mol. The molecule has 106 valence electrons. The van der Waals surface area contributed by atoms with Crippen molar-refractivity contribution in [2.45, 2.75) is 19.8 Å². The van der Waals surface area contributed by atoms with Gasteiger partial charge in [-0.2, -0.15) is 5.10 Å². The van der Waals surface area contributed by atoms with Crippen molar-refractivity contribution in [1.82, 2.24) is 0 Å². The molecular formula is C18H19N3. The fourth-order valence-corrected chi connectivity index (χ4v) is 2.68. The molecule has 0 aliphatic carbocycles. The Morgan fingerprint density at radius 2 is 1.52 bits per heavy atom. The van der Waals surface area contributed by atoms with E-state index in [1.807, 2.05) is 6.07 Å². The molecule has 3 heteroatoms. The smallest absolute Gasteiger partial charge is 0.123 e. The summed E-state index contributed by atoms with van der Waals surface area (Å²) in [5, 5.41) is 8.36. The van der Waals surface area contributed by atoms with E-state index in [-0.39, 0.29) is 0 Å². The summed E-state index contributed by atoms with van der Waals surface area (Å²) in [5.41, 5.74) is 10.4. The second-order valence-corrected chi connectivity index (χ2v) is 5.33. The lowest BCUT2D eigenvalue weighted by Crippen LogP contribution is -2.26. The van der Waals surface area contributed by atoms with E-state index in [0.717, 1.165) is 24.1 Å². The van der Waals surface area contributed by atoms with Gasteiger partial charge in [-0.15, -0.1) is 5.10 Å². The Morgan fingerprint density at radius 3 is 2.19 bits per heavy atom. The molecule has 1 atom stereocenters. The highest BCUT2D eigenvalue weighted by Crippen LogP contribution is 2.24. The van der Waals surface area contributed by atoms with Gasteiger partial charge < -0.3 is 5.73 Å². The first-order valence-electron chi connectivity index (χ1n) is 7.33. The molecule has 21 heavy (non-hydrogen) atoms. The third-order valence-electron chi connectivity index (χ3n) is 3.91. The third kappa shape index (κ3) is 2.87. The maximum absolute atomic E-state index is 5.78. The summed E-state index contributed by atoms with van der Waals surface area (Å²) < 4.78 is 0. The highest BCUT2D eigenvalue weighted by Gasteiger charge is 2.21. The summed E-state index contributed by atoms with van der Waals surface area (Å²) in [6.07, 6.45) is 1.82. The fourth-order valence-electron chi connectivity index (χ4n) is 2.68. The van der Waals surface area contributed by atoms with Gasteiger partial charge in [0.25, 0.3) is 0 Å². The average Bonchev–Trinajstić information content (AvgIpc) is 2.56. The van der Waals surface area contributed by atoms with Crippen LogP contribution in [0.4, 0.5) is 0 Å². The quantitative estimate of drug-likeness (QED) is 0.910. The first-order chi connectivity index (χ1) is 10.3. The Bertz CT molecular complexity index is 669. The molecule has 1 aliphatic heterocycles. The molecule has 2 aromatic rings. The minimum Gasteiger partial charge on any atom is -0.386 e. The molecule has 1 unspecified atom stereocenters. The van der Waals surface area contributed by atoms with E-state index in [2.05, 4.69) is 65.7 Å². The van der Waals surface area contributed by atoms with Crippen LogP contribution in [0.15, 0.2) is 64.8 Å². The Hall–Kier alpha value is -2.42. The van der Waals surface area contributed by atoms with Crippen molar-refractivity contribution in [1.29, 1.82) is 0 Å². The van der Waals surface area contributed by atoms with Gasteiger partial charge in [-0.1, -0.05) is 61.5 Å². The average molecular weight is 277 g/mol. The van der Waals surface area contributed by atoms with Crippen molar-refractivity contribution in [3.63, 3.8) is 0 Å². The van der Waals surface area contributed by atoms with Crippen LogP contribution in [0.2, 0.25) is 0 Å². The van der Waals surface area contributed by atoms with Gasteiger partial charge in [-0.3, -0.25) is 0 Å². The topological polar surface area (TPSA) is 50.7 Å². The van der Waals surface area contributed by atoms with Crippen molar-refractivity contribution >= 4 is 11.5 Å². The SMILES string of the molecule is CCC1CC(N)=NN=C1c1ccc(-c2ccccc2)cc1. The van der Waals surface area contributed by atoms with Crippen molar-refractivity contribution in [2.75, 3.05) is 0 Å². The number of nitrogens with two attached hydrogens (primary N) is 1. The lowest BCUT2D eigenvalue weighted by molar-refractivity contribution is 0.677. The molecule has 2 N–H and O–H groups in total. The molecule has 0 fully saturated rings. The largest absolute Gasteiger partial charge is 0.386 e. The summed E-state index contributed by atoms with van der Waals surface area (Å²) >= 11 is 0. The summed E-state index contributed by atoms with van der Waals surface area (Å²) in [7, 11) is 0. The Labute approximate surface area is 125 Å². The minimum absolute atomic E-state index is 0.366. The van der Waals surface area contributed by atoms with Gasteiger partial charge in [0.15, 0.2) is 0 Å². The van der Waals surface area contributed by atoms with Gasteiger partial charge >= 0.3 is 0 Å². The maximum Gasteiger partial charge on any atom is 0.123 e. The normalized spacial score (nSPS) is 18.0. The number of rotatable bonds is 3. The summed E-state index contributed by atoms with van der Waals surface area (Å²) in [5.74, 6) is 0.997. The van der Waals surface area contributed by atoms with Gasteiger partial charge in [0.2, 0.25) is 0 Å². The summed E-state index contributed by atoms with van der Waals surface area (Å²) in [4.78, 5) is 0.